The van der Waals surface area contributed by atoms with Crippen LogP contribution in [0.5, 0.6) is 0 Å². The predicted octanol–water partition coefficient (Wildman–Crippen LogP) is 6.15. The predicted molar refractivity (Wildman–Crippen MR) is 214 cm³/mol. The lowest BCUT2D eigenvalue weighted by molar-refractivity contribution is -0.395. The Morgan fingerprint density at radius 1 is 0.712 bits per heavy atom. The molecule has 3 aliphatic rings. The van der Waals surface area contributed by atoms with Crippen LogP contribution in [0.1, 0.15) is 65.8 Å². The summed E-state index contributed by atoms with van der Waals surface area (Å²) in [6, 6.07) is 36.3. The molecule has 59 heavy (non-hydrogen) atoms. The van der Waals surface area contributed by atoms with Crippen molar-refractivity contribution in [1.29, 1.82) is 0 Å². The van der Waals surface area contributed by atoms with Crippen molar-refractivity contribution < 1.29 is 57.0 Å². The molecule has 12 unspecified atom stereocenters. The summed E-state index contributed by atoms with van der Waals surface area (Å²) in [5.74, 6) is -1.28. The summed E-state index contributed by atoms with van der Waals surface area (Å²) in [4.78, 5) is 27.8. The van der Waals surface area contributed by atoms with Crippen LogP contribution in [0.2, 0.25) is 0 Å². The molecular weight excluding hydrogens is 759 g/mol. The van der Waals surface area contributed by atoms with Gasteiger partial charge in [0, 0.05) is 18.2 Å². The van der Waals surface area contributed by atoms with Crippen molar-refractivity contribution in [2.75, 3.05) is 13.7 Å². The highest BCUT2D eigenvalue weighted by molar-refractivity contribution is 5.90. The molecule has 4 aromatic rings. The lowest BCUT2D eigenvalue weighted by atomic mass is 9.95. The molecule has 0 amide bonds. The van der Waals surface area contributed by atoms with E-state index in [-0.39, 0.29) is 13.2 Å². The van der Waals surface area contributed by atoms with E-state index >= 15 is 0 Å². The second kappa shape index (κ2) is 19.2. The van der Waals surface area contributed by atoms with E-state index in [4.69, 9.17) is 53.1 Å². The summed E-state index contributed by atoms with van der Waals surface area (Å²) >= 11 is 0. The summed E-state index contributed by atoms with van der Waals surface area (Å²) in [5, 5.41) is 0. The Kier molecular flexibility index (Phi) is 13.9. The number of fused-ring (bicyclic) bond motifs is 1. The molecule has 0 spiro atoms. The average molecular weight is 812 g/mol. The van der Waals surface area contributed by atoms with Crippen molar-refractivity contribution in [3.05, 3.63) is 144 Å². The first-order chi connectivity index (χ1) is 28.5. The minimum absolute atomic E-state index is 0.0775. The van der Waals surface area contributed by atoms with E-state index in [1.165, 1.54) is 7.11 Å². The zero-order valence-corrected chi connectivity index (χ0v) is 33.9. The van der Waals surface area contributed by atoms with Crippen LogP contribution >= 0.6 is 0 Å². The van der Waals surface area contributed by atoms with Crippen molar-refractivity contribution in [3.8, 4) is 0 Å². The second-order valence-corrected chi connectivity index (χ2v) is 15.6. The average Bonchev–Trinajstić information content (AvgIpc) is 3.25. The third-order valence-electron chi connectivity index (χ3n) is 10.8. The largest absolute Gasteiger partial charge is 0.450 e. The molecule has 7 rings (SSSR count). The molecule has 314 valence electrons. The number of benzene rings is 4. The summed E-state index contributed by atoms with van der Waals surface area (Å²) < 4.78 is 64.7. The highest BCUT2D eigenvalue weighted by Gasteiger charge is 2.57. The summed E-state index contributed by atoms with van der Waals surface area (Å²) in [6.07, 6.45) is -11.4. The highest BCUT2D eigenvalue weighted by Crippen LogP contribution is 2.40. The normalized spacial score (nSPS) is 30.1. The van der Waals surface area contributed by atoms with Gasteiger partial charge >= 0.3 is 11.9 Å². The first kappa shape index (κ1) is 42.6. The van der Waals surface area contributed by atoms with Gasteiger partial charge in [-0.25, -0.2) is 9.59 Å². The molecule has 0 aliphatic carbocycles. The van der Waals surface area contributed by atoms with Crippen LogP contribution < -0.4 is 5.73 Å². The van der Waals surface area contributed by atoms with E-state index in [9.17, 15) is 9.59 Å². The third-order valence-corrected chi connectivity index (χ3v) is 10.8. The van der Waals surface area contributed by atoms with Gasteiger partial charge in [0.1, 0.15) is 30.5 Å². The Hall–Kier alpha value is -4.54. The Morgan fingerprint density at radius 3 is 1.81 bits per heavy atom. The van der Waals surface area contributed by atoms with E-state index in [2.05, 4.69) is 0 Å². The highest BCUT2D eigenvalue weighted by atomic mass is 16.8. The summed E-state index contributed by atoms with van der Waals surface area (Å²) in [6.45, 7) is 7.61. The molecule has 13 nitrogen and oxygen atoms in total. The summed E-state index contributed by atoms with van der Waals surface area (Å²) in [7, 11) is 1.52. The molecular formula is C46H53NO12. The number of ether oxygens (including phenoxy) is 10. The lowest BCUT2D eigenvalue weighted by Gasteiger charge is -2.51. The van der Waals surface area contributed by atoms with Gasteiger partial charge in [0.15, 0.2) is 31.1 Å². The zero-order valence-electron chi connectivity index (χ0n) is 33.9. The Labute approximate surface area is 344 Å². The van der Waals surface area contributed by atoms with Gasteiger partial charge in [-0.2, -0.15) is 0 Å². The van der Waals surface area contributed by atoms with Crippen molar-refractivity contribution >= 4 is 11.9 Å². The topological polar surface area (TPSA) is 152 Å². The van der Waals surface area contributed by atoms with Gasteiger partial charge < -0.3 is 53.1 Å². The number of rotatable bonds is 14. The maximum Gasteiger partial charge on any atom is 0.338 e. The minimum atomic E-state index is -1.30. The van der Waals surface area contributed by atoms with E-state index < -0.39 is 91.3 Å². The van der Waals surface area contributed by atoms with E-state index in [1.807, 2.05) is 88.4 Å². The maximum absolute atomic E-state index is 14.0. The molecule has 0 saturated carbocycles. The molecule has 3 saturated heterocycles. The van der Waals surface area contributed by atoms with Gasteiger partial charge in [-0.15, -0.1) is 0 Å². The van der Waals surface area contributed by atoms with Crippen molar-refractivity contribution in [3.63, 3.8) is 0 Å². The first-order valence-corrected chi connectivity index (χ1v) is 19.9. The molecule has 3 heterocycles. The number of hydrogen-bond donors (Lipinski definition) is 1. The van der Waals surface area contributed by atoms with Crippen LogP contribution in [-0.2, 0) is 54.0 Å². The number of esters is 2. The molecule has 12 atom stereocenters. The monoisotopic (exact) mass is 811 g/mol. The number of carbonyl (C=O) groups is 2. The number of methoxy groups -OCH3 is 1. The van der Waals surface area contributed by atoms with E-state index in [0.29, 0.717) is 11.1 Å². The van der Waals surface area contributed by atoms with Crippen molar-refractivity contribution in [2.24, 2.45) is 5.73 Å². The SMILES string of the molecule is COC1C(OCc2ccccc2)C(C)OC(OC2C3OC(c4ccccc4)OCC3OC(OC(C)C(C)(C)N)C2OC(=O)c2ccccc2)C1OC(=O)c1ccccc1. The first-order valence-electron chi connectivity index (χ1n) is 19.9. The standard InChI is InChI=1S/C46H53NO12/c1-28-35(51-26-30-18-10-6-11-19-30)37(50-5)39(56-41(48)31-20-12-7-13-21-31)44(53-28)59-38-36-34(27-52-43(58-36)33-24-16-9-17-25-33)55-45(54-29(2)46(3,4)47)40(38)57-42(49)32-22-14-8-15-23-32/h6-25,28-29,34-40,43-45H,26-27,47H2,1-5H3. The zero-order chi connectivity index (χ0) is 41.5. The maximum atomic E-state index is 14.0. The molecule has 0 aromatic heterocycles. The summed E-state index contributed by atoms with van der Waals surface area (Å²) in [5.41, 5.74) is 7.99. The Morgan fingerprint density at radius 2 is 1.25 bits per heavy atom. The van der Waals surface area contributed by atoms with Gasteiger partial charge in [0.25, 0.3) is 0 Å². The lowest BCUT2D eigenvalue weighted by Crippen LogP contribution is -2.68. The van der Waals surface area contributed by atoms with Crippen LogP contribution in [0, 0.1) is 0 Å². The van der Waals surface area contributed by atoms with Crippen molar-refractivity contribution in [1.82, 2.24) is 0 Å². The molecule has 3 fully saturated rings. The smallest absolute Gasteiger partial charge is 0.338 e. The molecule has 0 radical (unpaired) electrons. The van der Waals surface area contributed by atoms with Gasteiger partial charge in [0.05, 0.1) is 36.5 Å². The third kappa shape index (κ3) is 10.3. The number of nitrogens with two attached hydrogens (primary N) is 1. The minimum Gasteiger partial charge on any atom is -0.450 e. The quantitative estimate of drug-likeness (QED) is 0.145. The van der Waals surface area contributed by atoms with E-state index in [1.54, 1.807) is 60.7 Å². The Bertz CT molecular complexity index is 1930. The molecule has 2 N–H and O–H groups in total. The fourth-order valence-corrected chi connectivity index (χ4v) is 7.25. The van der Waals surface area contributed by atoms with Gasteiger partial charge in [-0.1, -0.05) is 97.1 Å². The molecule has 0 bridgehead atoms. The van der Waals surface area contributed by atoms with Gasteiger partial charge in [0.2, 0.25) is 0 Å². The Balaban J connectivity index is 1.27. The van der Waals surface area contributed by atoms with Crippen LogP contribution in [-0.4, -0.2) is 98.7 Å². The molecule has 13 heteroatoms. The van der Waals surface area contributed by atoms with Crippen LogP contribution in [0.4, 0.5) is 0 Å². The molecule has 4 aromatic carbocycles. The van der Waals surface area contributed by atoms with Gasteiger partial charge in [-0.05, 0) is 57.5 Å². The second-order valence-electron chi connectivity index (χ2n) is 15.6. The molecule has 3 aliphatic heterocycles. The number of hydrogen-bond acceptors (Lipinski definition) is 13. The van der Waals surface area contributed by atoms with Crippen LogP contribution in [0.3, 0.4) is 0 Å². The van der Waals surface area contributed by atoms with E-state index in [0.717, 1.165) is 11.1 Å². The number of carbonyl (C=O) groups excluding carboxylic acids is 2. The van der Waals surface area contributed by atoms with Crippen LogP contribution in [0.15, 0.2) is 121 Å². The van der Waals surface area contributed by atoms with Crippen molar-refractivity contribution in [2.45, 2.75) is 114 Å². The fourth-order valence-electron chi connectivity index (χ4n) is 7.25. The fraction of sp³-hybridized carbons (Fsp3) is 0.435. The van der Waals surface area contributed by atoms with Crippen LogP contribution in [0.25, 0.3) is 0 Å². The van der Waals surface area contributed by atoms with Gasteiger partial charge in [-0.3, -0.25) is 0 Å².